The highest BCUT2D eigenvalue weighted by Gasteiger charge is 2.51. The van der Waals surface area contributed by atoms with E-state index in [-0.39, 0.29) is 22.9 Å². The number of halogens is 1. The molecule has 3 heterocycles. The number of nitrogens with one attached hydrogen (secondary N) is 1. The number of amides is 1. The smallest absolute Gasteiger partial charge is 0.338 e. The van der Waals surface area contributed by atoms with Crippen LogP contribution in [-0.4, -0.2) is 122 Å². The third-order valence-corrected chi connectivity index (χ3v) is 8.12. The molecule has 48 heavy (non-hydrogen) atoms. The number of carbonyl (C=O) groups excluding carboxylic acids is 2. The van der Waals surface area contributed by atoms with Gasteiger partial charge in [-0.05, 0) is 42.0 Å². The predicted molar refractivity (Wildman–Crippen MR) is 164 cm³/mol. The van der Waals surface area contributed by atoms with Crippen LogP contribution in [0.3, 0.4) is 0 Å². The summed E-state index contributed by atoms with van der Waals surface area (Å²) in [6.07, 6.45) is -13.3. The summed E-state index contributed by atoms with van der Waals surface area (Å²) in [5.74, 6) is -1.18. The van der Waals surface area contributed by atoms with Gasteiger partial charge >= 0.3 is 5.97 Å². The van der Waals surface area contributed by atoms with Crippen LogP contribution in [0.15, 0.2) is 73.1 Å². The monoisotopic (exact) mass is 690 g/mol. The van der Waals surface area contributed by atoms with Gasteiger partial charge in [0.15, 0.2) is 12.6 Å². The number of carbonyl (C=O) groups is 2. The van der Waals surface area contributed by atoms with Gasteiger partial charge < -0.3 is 59.6 Å². The molecule has 16 heteroatoms. The molecule has 2 aliphatic rings. The number of hydrogen-bond acceptors (Lipinski definition) is 14. The zero-order valence-corrected chi connectivity index (χ0v) is 25.9. The molecule has 2 fully saturated rings. The van der Waals surface area contributed by atoms with Gasteiger partial charge in [-0.3, -0.25) is 9.78 Å². The first kappa shape index (κ1) is 35.7. The van der Waals surface area contributed by atoms with Gasteiger partial charge in [-0.15, -0.1) is 0 Å². The quantitative estimate of drug-likeness (QED) is 0.131. The van der Waals surface area contributed by atoms with Crippen molar-refractivity contribution in [2.75, 3.05) is 18.5 Å². The summed E-state index contributed by atoms with van der Waals surface area (Å²) in [7, 11) is 0. The lowest BCUT2D eigenvalue weighted by atomic mass is 9.97. The Morgan fingerprint density at radius 1 is 0.833 bits per heavy atom. The van der Waals surface area contributed by atoms with Crippen molar-refractivity contribution >= 4 is 29.2 Å². The van der Waals surface area contributed by atoms with Crippen molar-refractivity contribution in [1.29, 1.82) is 0 Å². The maximum Gasteiger partial charge on any atom is 0.338 e. The lowest BCUT2D eigenvalue weighted by Gasteiger charge is -2.46. The number of nitrogens with zero attached hydrogens (tertiary/aromatic N) is 1. The number of ether oxygens (including phenoxy) is 5. The number of aliphatic hydroxyl groups is 6. The van der Waals surface area contributed by atoms with Crippen molar-refractivity contribution in [2.45, 2.75) is 68.0 Å². The van der Waals surface area contributed by atoms with Gasteiger partial charge in [0.25, 0.3) is 5.91 Å². The molecule has 0 saturated carbocycles. The SMILES string of the molecule is O=C(Nc1cc(CO[C@@H]2O[C@H](COC(=O)c3ccccc3)[C@@H](O[C@H]3O[C@H](CO)[C@@H](O)[C@H](O)[C@H]3O)[C@H](O)[C@H]2O)ccc1Cl)c1cccnc1. The molecule has 0 spiro atoms. The Kier molecular flexibility index (Phi) is 12.1. The van der Waals surface area contributed by atoms with E-state index in [0.29, 0.717) is 11.1 Å². The van der Waals surface area contributed by atoms with Crippen LogP contribution in [0, 0.1) is 0 Å². The predicted octanol–water partition coefficient (Wildman–Crippen LogP) is -0.00730. The number of pyridine rings is 1. The zero-order valence-electron chi connectivity index (χ0n) is 25.2. The molecular formula is C32H35ClN2O13. The van der Waals surface area contributed by atoms with Gasteiger partial charge in [-0.25, -0.2) is 4.79 Å². The third-order valence-electron chi connectivity index (χ3n) is 7.79. The summed E-state index contributed by atoms with van der Waals surface area (Å²) in [4.78, 5) is 29.3. The highest BCUT2D eigenvalue weighted by Crippen LogP contribution is 2.31. The van der Waals surface area contributed by atoms with Gasteiger partial charge in [0.1, 0.15) is 55.4 Å². The van der Waals surface area contributed by atoms with Gasteiger partial charge in [-0.2, -0.15) is 0 Å². The molecule has 3 aromatic rings. The standard InChI is InChI=1S/C32H35ClN2O13/c33-19-9-8-16(11-20(19)35-29(42)18-7-4-10-34-12-18)14-45-31-27(41)25(39)28(48-32-26(40)24(38)23(37)21(13-36)46-32)22(47-31)15-44-30(43)17-5-2-1-3-6-17/h1-12,21-28,31-32,36-41H,13-15H2,(H,35,42)/t21-,22-,23-,24+,25-,26-,27-,28-,31-,32-/m1/s1. The second-order valence-electron chi connectivity index (χ2n) is 11.1. The van der Waals surface area contributed by atoms with Gasteiger partial charge in [0, 0.05) is 12.4 Å². The second-order valence-corrected chi connectivity index (χ2v) is 11.5. The summed E-state index contributed by atoms with van der Waals surface area (Å²) < 4.78 is 28.3. The average molecular weight is 691 g/mol. The first-order valence-electron chi connectivity index (χ1n) is 14.9. The van der Waals surface area contributed by atoms with Crippen LogP contribution in [0.4, 0.5) is 5.69 Å². The first-order valence-corrected chi connectivity index (χ1v) is 15.3. The fourth-order valence-electron chi connectivity index (χ4n) is 5.12. The van der Waals surface area contributed by atoms with E-state index < -0.39 is 86.5 Å². The van der Waals surface area contributed by atoms with Crippen LogP contribution in [0.5, 0.6) is 0 Å². The topological polar surface area (TPSA) is 227 Å². The summed E-state index contributed by atoms with van der Waals surface area (Å²) >= 11 is 6.29. The van der Waals surface area contributed by atoms with Gasteiger partial charge in [-0.1, -0.05) is 35.9 Å². The Morgan fingerprint density at radius 2 is 1.54 bits per heavy atom. The maximum atomic E-state index is 12.7. The van der Waals surface area contributed by atoms with Crippen LogP contribution in [0.1, 0.15) is 26.3 Å². The minimum absolute atomic E-state index is 0.198. The van der Waals surface area contributed by atoms with E-state index in [1.807, 2.05) is 0 Å². The molecule has 7 N–H and O–H groups in total. The molecule has 2 aliphatic heterocycles. The van der Waals surface area contributed by atoms with Crippen LogP contribution in [0.2, 0.25) is 5.02 Å². The van der Waals surface area contributed by atoms with Crippen molar-refractivity contribution in [3.63, 3.8) is 0 Å². The summed E-state index contributed by atoms with van der Waals surface area (Å²) in [5.41, 5.74) is 1.30. The molecule has 1 amide bonds. The fourth-order valence-corrected chi connectivity index (χ4v) is 5.29. The number of esters is 1. The highest BCUT2D eigenvalue weighted by molar-refractivity contribution is 6.34. The molecule has 0 bridgehead atoms. The third kappa shape index (κ3) is 8.34. The number of benzene rings is 2. The molecule has 2 aromatic carbocycles. The van der Waals surface area contributed by atoms with Crippen molar-refractivity contribution in [3.05, 3.63) is 94.8 Å². The lowest BCUT2D eigenvalue weighted by molar-refractivity contribution is -0.360. The highest BCUT2D eigenvalue weighted by atomic mass is 35.5. The Hall–Kier alpha value is -3.58. The van der Waals surface area contributed by atoms with Crippen LogP contribution in [-0.2, 0) is 30.3 Å². The summed E-state index contributed by atoms with van der Waals surface area (Å²) in [5, 5.41) is 65.5. The van der Waals surface area contributed by atoms with E-state index >= 15 is 0 Å². The Labute approximate surface area is 279 Å². The largest absolute Gasteiger partial charge is 0.459 e. The van der Waals surface area contributed by atoms with Gasteiger partial charge in [0.2, 0.25) is 0 Å². The molecule has 10 atom stereocenters. The number of rotatable bonds is 11. The minimum Gasteiger partial charge on any atom is -0.459 e. The Morgan fingerprint density at radius 3 is 2.25 bits per heavy atom. The van der Waals surface area contributed by atoms with Crippen LogP contribution >= 0.6 is 11.6 Å². The van der Waals surface area contributed by atoms with Crippen molar-refractivity contribution in [2.24, 2.45) is 0 Å². The van der Waals surface area contributed by atoms with E-state index in [2.05, 4.69) is 10.3 Å². The van der Waals surface area contributed by atoms with Crippen molar-refractivity contribution in [1.82, 2.24) is 4.98 Å². The Balaban J connectivity index is 1.30. The number of aliphatic hydroxyl groups excluding tert-OH is 6. The molecule has 0 radical (unpaired) electrons. The molecular weight excluding hydrogens is 656 g/mol. The van der Waals surface area contributed by atoms with E-state index in [4.69, 9.17) is 35.3 Å². The van der Waals surface area contributed by atoms with Crippen molar-refractivity contribution in [3.8, 4) is 0 Å². The molecule has 1 aromatic heterocycles. The molecule has 0 unspecified atom stereocenters. The molecule has 2 saturated heterocycles. The molecule has 5 rings (SSSR count). The summed E-state index contributed by atoms with van der Waals surface area (Å²) in [6, 6.07) is 15.9. The van der Waals surface area contributed by atoms with Crippen molar-refractivity contribution < 1.29 is 63.9 Å². The zero-order chi connectivity index (χ0) is 34.4. The molecule has 0 aliphatic carbocycles. The van der Waals surface area contributed by atoms with E-state index in [9.17, 15) is 40.2 Å². The average Bonchev–Trinajstić information content (AvgIpc) is 3.11. The second kappa shape index (κ2) is 16.2. The Bertz CT molecular complexity index is 1520. The lowest BCUT2D eigenvalue weighted by Crippen LogP contribution is -2.64. The fraction of sp³-hybridized carbons (Fsp3) is 0.406. The maximum absolute atomic E-state index is 12.7. The first-order chi connectivity index (χ1) is 23.1. The number of anilines is 1. The van der Waals surface area contributed by atoms with E-state index in [1.54, 1.807) is 42.5 Å². The van der Waals surface area contributed by atoms with E-state index in [1.165, 1.54) is 30.6 Å². The number of aromatic nitrogens is 1. The normalized spacial score (nSPS) is 30.4. The van der Waals surface area contributed by atoms with Gasteiger partial charge in [0.05, 0.1) is 35.1 Å². The van der Waals surface area contributed by atoms with Crippen LogP contribution < -0.4 is 5.32 Å². The minimum atomic E-state index is -1.83. The molecule has 15 nitrogen and oxygen atoms in total. The van der Waals surface area contributed by atoms with Crippen LogP contribution in [0.25, 0.3) is 0 Å². The molecule has 258 valence electrons. The van der Waals surface area contributed by atoms with E-state index in [0.717, 1.165) is 0 Å². The number of hydrogen-bond donors (Lipinski definition) is 7. The summed E-state index contributed by atoms with van der Waals surface area (Å²) in [6.45, 7) is -1.45.